The van der Waals surface area contributed by atoms with Crippen molar-refractivity contribution in [1.82, 2.24) is 4.72 Å². The maximum Gasteiger partial charge on any atom is 0.297 e. The van der Waals surface area contributed by atoms with E-state index in [1.54, 1.807) is 6.07 Å². The van der Waals surface area contributed by atoms with Gasteiger partial charge in [-0.1, -0.05) is 6.92 Å². The summed E-state index contributed by atoms with van der Waals surface area (Å²) < 4.78 is 31.8. The van der Waals surface area contributed by atoms with Crippen LogP contribution in [-0.4, -0.2) is 19.4 Å². The number of carbonyl (C=O) groups is 1. The summed E-state index contributed by atoms with van der Waals surface area (Å²) in [7, 11) is -4.13. The molecule has 0 saturated carbocycles. The fraction of sp³-hybridized carbons (Fsp3) is 0.471. The van der Waals surface area contributed by atoms with Crippen LogP contribution in [0.25, 0.3) is 0 Å². The Morgan fingerprint density at radius 1 is 1.40 bits per heavy atom. The molecular formula is C17H21NO5S2. The van der Waals surface area contributed by atoms with Crippen molar-refractivity contribution in [3.05, 3.63) is 39.3 Å². The second kappa shape index (κ2) is 6.26. The summed E-state index contributed by atoms with van der Waals surface area (Å²) >= 11 is 1.34. The summed E-state index contributed by atoms with van der Waals surface area (Å²) in [5.74, 6) is -0.0848. The van der Waals surface area contributed by atoms with E-state index in [0.717, 1.165) is 29.7 Å². The third kappa shape index (κ3) is 3.80. The second-order valence-electron chi connectivity index (χ2n) is 7.06. The number of furan rings is 1. The molecule has 136 valence electrons. The minimum absolute atomic E-state index is 0.320. The lowest BCUT2D eigenvalue weighted by molar-refractivity contribution is 0.0779. The van der Waals surface area contributed by atoms with Crippen molar-refractivity contribution in [3.8, 4) is 0 Å². The quantitative estimate of drug-likeness (QED) is 0.846. The van der Waals surface area contributed by atoms with Gasteiger partial charge in [-0.3, -0.25) is 4.79 Å². The SMILES string of the molecule is CC1CCc2sc(C(=O)NS(=O)(=O)c3cc(C(C)(C)O)co3)cc2C1. The van der Waals surface area contributed by atoms with Crippen LogP contribution in [0, 0.1) is 5.92 Å². The molecule has 0 fully saturated rings. The third-order valence-electron chi connectivity index (χ3n) is 4.33. The van der Waals surface area contributed by atoms with Gasteiger partial charge in [0.1, 0.15) is 0 Å². The van der Waals surface area contributed by atoms with Crippen molar-refractivity contribution in [2.45, 2.75) is 50.7 Å². The molecule has 0 saturated heterocycles. The van der Waals surface area contributed by atoms with Gasteiger partial charge < -0.3 is 9.52 Å². The van der Waals surface area contributed by atoms with Gasteiger partial charge in [-0.25, -0.2) is 4.72 Å². The van der Waals surface area contributed by atoms with E-state index >= 15 is 0 Å². The Labute approximate surface area is 150 Å². The van der Waals surface area contributed by atoms with Gasteiger partial charge in [0.2, 0.25) is 5.09 Å². The highest BCUT2D eigenvalue weighted by Gasteiger charge is 2.28. The fourth-order valence-corrected chi connectivity index (χ4v) is 4.90. The number of rotatable bonds is 4. The number of amides is 1. The number of sulfonamides is 1. The Morgan fingerprint density at radius 3 is 2.76 bits per heavy atom. The zero-order chi connectivity index (χ0) is 18.4. The molecule has 1 aliphatic rings. The molecule has 0 aromatic carbocycles. The number of carbonyl (C=O) groups excluding carboxylic acids is 1. The van der Waals surface area contributed by atoms with Gasteiger partial charge in [0.15, 0.2) is 0 Å². The molecular weight excluding hydrogens is 362 g/mol. The van der Waals surface area contributed by atoms with E-state index in [0.29, 0.717) is 16.4 Å². The predicted octanol–water partition coefficient (Wildman–Crippen LogP) is 2.81. The second-order valence-corrected chi connectivity index (χ2v) is 9.81. The van der Waals surface area contributed by atoms with Crippen LogP contribution in [0.15, 0.2) is 27.9 Å². The number of hydrogen-bond donors (Lipinski definition) is 2. The molecule has 0 spiro atoms. The van der Waals surface area contributed by atoms with Crippen LogP contribution in [-0.2, 0) is 28.5 Å². The molecule has 0 radical (unpaired) electrons. The van der Waals surface area contributed by atoms with E-state index in [1.165, 1.54) is 37.5 Å². The Balaban J connectivity index is 1.79. The number of aliphatic hydroxyl groups is 1. The minimum atomic E-state index is -4.13. The lowest BCUT2D eigenvalue weighted by Gasteiger charge is -2.16. The smallest absolute Gasteiger partial charge is 0.297 e. The Morgan fingerprint density at radius 2 is 2.12 bits per heavy atom. The molecule has 3 rings (SSSR count). The molecule has 2 heterocycles. The van der Waals surface area contributed by atoms with Crippen molar-refractivity contribution >= 4 is 27.3 Å². The number of aryl methyl sites for hydroxylation is 1. The number of thiophene rings is 1. The Bertz CT molecular complexity index is 902. The standard InChI is InChI=1S/C17H21NO5S2/c1-10-4-5-13-11(6-10)7-14(24-13)16(19)18-25(21,22)15-8-12(9-23-15)17(2,3)20/h7-10,20H,4-6H2,1-3H3,(H,18,19). The monoisotopic (exact) mass is 383 g/mol. The first kappa shape index (κ1) is 18.2. The largest absolute Gasteiger partial charge is 0.451 e. The van der Waals surface area contributed by atoms with E-state index in [1.807, 2.05) is 4.72 Å². The average Bonchev–Trinajstić information content (AvgIpc) is 3.13. The molecule has 0 aliphatic heterocycles. The van der Waals surface area contributed by atoms with Crippen LogP contribution in [0.4, 0.5) is 0 Å². The van der Waals surface area contributed by atoms with Crippen LogP contribution < -0.4 is 4.72 Å². The fourth-order valence-electron chi connectivity index (χ4n) is 2.82. The molecule has 2 aromatic heterocycles. The zero-order valence-corrected chi connectivity index (χ0v) is 16.0. The van der Waals surface area contributed by atoms with Crippen molar-refractivity contribution < 1.29 is 22.7 Å². The summed E-state index contributed by atoms with van der Waals surface area (Å²) in [4.78, 5) is 13.9. The van der Waals surface area contributed by atoms with Crippen molar-refractivity contribution in [2.24, 2.45) is 5.92 Å². The van der Waals surface area contributed by atoms with Gasteiger partial charge in [-0.2, -0.15) is 8.42 Å². The molecule has 8 heteroatoms. The van der Waals surface area contributed by atoms with Gasteiger partial charge in [0.25, 0.3) is 15.9 Å². The highest BCUT2D eigenvalue weighted by molar-refractivity contribution is 7.90. The molecule has 1 unspecified atom stereocenters. The van der Waals surface area contributed by atoms with Crippen LogP contribution in [0.3, 0.4) is 0 Å². The van der Waals surface area contributed by atoms with E-state index in [2.05, 4.69) is 6.92 Å². The summed E-state index contributed by atoms with van der Waals surface area (Å²) in [6.45, 7) is 5.20. The zero-order valence-electron chi connectivity index (χ0n) is 14.3. The first-order valence-corrected chi connectivity index (χ1v) is 10.4. The molecule has 1 atom stereocenters. The van der Waals surface area contributed by atoms with Gasteiger partial charge in [-0.15, -0.1) is 11.3 Å². The van der Waals surface area contributed by atoms with Crippen LogP contribution in [0.1, 0.15) is 52.9 Å². The normalized spacial score (nSPS) is 18.0. The van der Waals surface area contributed by atoms with Crippen LogP contribution in [0.2, 0.25) is 0 Å². The van der Waals surface area contributed by atoms with E-state index in [4.69, 9.17) is 4.42 Å². The van der Waals surface area contributed by atoms with Gasteiger partial charge >= 0.3 is 0 Å². The lowest BCUT2D eigenvalue weighted by Crippen LogP contribution is -2.29. The average molecular weight is 383 g/mol. The molecule has 1 amide bonds. The van der Waals surface area contributed by atoms with Crippen molar-refractivity contribution in [3.63, 3.8) is 0 Å². The third-order valence-corrected chi connectivity index (χ3v) is 6.76. The summed E-state index contributed by atoms with van der Waals surface area (Å²) in [5.41, 5.74) is 0.222. The lowest BCUT2D eigenvalue weighted by atomic mass is 9.90. The Hall–Kier alpha value is -1.64. The number of fused-ring (bicyclic) bond motifs is 1. The molecule has 6 nitrogen and oxygen atoms in total. The van der Waals surface area contributed by atoms with Crippen LogP contribution >= 0.6 is 11.3 Å². The summed E-state index contributed by atoms with van der Waals surface area (Å²) in [6, 6.07) is 3.00. The Kier molecular flexibility index (Phi) is 4.55. The minimum Gasteiger partial charge on any atom is -0.451 e. The molecule has 1 aliphatic carbocycles. The maximum atomic E-state index is 12.4. The number of hydrogen-bond acceptors (Lipinski definition) is 6. The topological polar surface area (TPSA) is 96.6 Å². The van der Waals surface area contributed by atoms with Gasteiger partial charge in [-0.05, 0) is 50.7 Å². The number of nitrogens with one attached hydrogen (secondary N) is 1. The molecule has 2 N–H and O–H groups in total. The first-order chi connectivity index (χ1) is 11.6. The van der Waals surface area contributed by atoms with Gasteiger partial charge in [0, 0.05) is 16.5 Å². The highest BCUT2D eigenvalue weighted by atomic mass is 32.2. The van der Waals surface area contributed by atoms with E-state index < -0.39 is 26.6 Å². The predicted molar refractivity (Wildman–Crippen MR) is 94.1 cm³/mol. The molecule has 25 heavy (non-hydrogen) atoms. The van der Waals surface area contributed by atoms with Crippen molar-refractivity contribution in [1.29, 1.82) is 0 Å². The van der Waals surface area contributed by atoms with Crippen molar-refractivity contribution in [2.75, 3.05) is 0 Å². The van der Waals surface area contributed by atoms with E-state index in [9.17, 15) is 18.3 Å². The first-order valence-electron chi connectivity index (χ1n) is 8.06. The highest BCUT2D eigenvalue weighted by Crippen LogP contribution is 2.32. The maximum absolute atomic E-state index is 12.4. The summed E-state index contributed by atoms with van der Waals surface area (Å²) in [5, 5.41) is 9.51. The van der Waals surface area contributed by atoms with Crippen LogP contribution in [0.5, 0.6) is 0 Å². The molecule has 2 aromatic rings. The molecule has 0 bridgehead atoms. The van der Waals surface area contributed by atoms with Gasteiger partial charge in [0.05, 0.1) is 16.7 Å². The summed E-state index contributed by atoms with van der Waals surface area (Å²) in [6.07, 6.45) is 4.09. The van der Waals surface area contributed by atoms with E-state index in [-0.39, 0.29) is 0 Å².